The Kier molecular flexibility index (Phi) is 6.71. The maximum absolute atomic E-state index is 12.1. The molecule has 0 saturated heterocycles. The monoisotopic (exact) mass is 315 g/mol. The minimum absolute atomic E-state index is 0.0498. The van der Waals surface area contributed by atoms with Gasteiger partial charge in [-0.2, -0.15) is 8.78 Å². The van der Waals surface area contributed by atoms with Crippen LogP contribution in [0.15, 0.2) is 24.3 Å². The lowest BCUT2D eigenvalue weighted by atomic mass is 10.1. The highest BCUT2D eigenvalue weighted by Gasteiger charge is 2.17. The van der Waals surface area contributed by atoms with Crippen LogP contribution in [0, 0.1) is 5.92 Å². The molecule has 1 atom stereocenters. The van der Waals surface area contributed by atoms with E-state index in [2.05, 4.69) is 15.4 Å². The minimum atomic E-state index is -2.94. The van der Waals surface area contributed by atoms with Gasteiger partial charge in [-0.3, -0.25) is 9.59 Å². The van der Waals surface area contributed by atoms with Crippen LogP contribution < -0.4 is 21.1 Å². The Bertz CT molecular complexity index is 524. The molecule has 0 unspecified atom stereocenters. The summed E-state index contributed by atoms with van der Waals surface area (Å²) in [5, 5.41) is 4.86. The second kappa shape index (κ2) is 8.28. The van der Waals surface area contributed by atoms with E-state index in [1.54, 1.807) is 13.8 Å². The van der Waals surface area contributed by atoms with Gasteiger partial charge >= 0.3 is 6.61 Å². The van der Waals surface area contributed by atoms with Gasteiger partial charge in [0.05, 0.1) is 12.6 Å². The van der Waals surface area contributed by atoms with Crippen LogP contribution in [0.5, 0.6) is 5.75 Å². The van der Waals surface area contributed by atoms with Crippen molar-refractivity contribution in [2.45, 2.75) is 26.5 Å². The number of nitrogens with two attached hydrogens (primary N) is 1. The third-order valence-electron chi connectivity index (χ3n) is 2.79. The van der Waals surface area contributed by atoms with Crippen LogP contribution in [0.4, 0.5) is 14.5 Å². The van der Waals surface area contributed by atoms with Gasteiger partial charge in [0.2, 0.25) is 11.8 Å². The van der Waals surface area contributed by atoms with E-state index < -0.39 is 24.5 Å². The Morgan fingerprint density at radius 2 is 2.00 bits per heavy atom. The predicted molar refractivity (Wildman–Crippen MR) is 77.5 cm³/mol. The summed E-state index contributed by atoms with van der Waals surface area (Å²) in [5.41, 5.74) is 5.92. The van der Waals surface area contributed by atoms with E-state index in [0.29, 0.717) is 0 Å². The number of hydrogen-bond acceptors (Lipinski definition) is 4. The molecule has 1 aromatic rings. The number of alkyl halides is 2. The van der Waals surface area contributed by atoms with Crippen molar-refractivity contribution in [3.05, 3.63) is 24.3 Å². The zero-order valence-corrected chi connectivity index (χ0v) is 12.3. The summed E-state index contributed by atoms with van der Waals surface area (Å²) in [7, 11) is 0. The fourth-order valence-corrected chi connectivity index (χ4v) is 1.54. The summed E-state index contributed by atoms with van der Waals surface area (Å²) in [6, 6.07) is 4.87. The summed E-state index contributed by atoms with van der Waals surface area (Å²) in [6.45, 7) is 0.374. The number of benzene rings is 1. The molecule has 0 bridgehead atoms. The largest absolute Gasteiger partial charge is 0.435 e. The summed E-state index contributed by atoms with van der Waals surface area (Å²) < 4.78 is 28.4. The predicted octanol–water partition coefficient (Wildman–Crippen LogP) is 1.33. The molecular formula is C14H19F2N3O3. The summed E-state index contributed by atoms with van der Waals surface area (Å²) >= 11 is 0. The molecule has 6 nitrogen and oxygen atoms in total. The number of carbonyl (C=O) groups is 2. The number of hydrogen-bond donors (Lipinski definition) is 3. The highest BCUT2D eigenvalue weighted by molar-refractivity contribution is 5.95. The van der Waals surface area contributed by atoms with E-state index in [1.807, 2.05) is 0 Å². The van der Waals surface area contributed by atoms with Crippen molar-refractivity contribution in [3.8, 4) is 5.75 Å². The minimum Gasteiger partial charge on any atom is -0.435 e. The molecule has 0 aliphatic carbocycles. The van der Waals surface area contributed by atoms with Crippen molar-refractivity contribution in [1.82, 2.24) is 5.32 Å². The van der Waals surface area contributed by atoms with Crippen LogP contribution in [0.25, 0.3) is 0 Å². The van der Waals surface area contributed by atoms with Gasteiger partial charge in [-0.15, -0.1) is 0 Å². The Morgan fingerprint density at radius 3 is 2.59 bits per heavy atom. The smallest absolute Gasteiger partial charge is 0.387 e. The normalized spacial score (nSPS) is 12.1. The van der Waals surface area contributed by atoms with E-state index in [9.17, 15) is 18.4 Å². The quantitative estimate of drug-likeness (QED) is 0.707. The van der Waals surface area contributed by atoms with Crippen molar-refractivity contribution in [1.29, 1.82) is 0 Å². The molecule has 8 heteroatoms. The van der Waals surface area contributed by atoms with E-state index >= 15 is 0 Å². The maximum atomic E-state index is 12.1. The number of halogens is 2. The highest BCUT2D eigenvalue weighted by Crippen LogP contribution is 2.19. The topological polar surface area (TPSA) is 93.5 Å². The first kappa shape index (κ1) is 17.8. The van der Waals surface area contributed by atoms with Crippen molar-refractivity contribution in [2.75, 3.05) is 11.9 Å². The number of rotatable bonds is 7. The number of amides is 2. The number of nitrogens with one attached hydrogen (secondary N) is 2. The molecule has 0 aromatic heterocycles. The van der Waals surface area contributed by atoms with Gasteiger partial charge in [0.25, 0.3) is 0 Å². The standard InChI is InChI=1S/C14H19F2N3O3/c1-8(2)12(17)13(21)18-7-11(20)19-9-4-3-5-10(6-9)22-14(15)16/h3-6,8,12,14H,7,17H2,1-2H3,(H,18,21)(H,19,20)/t12-/m0/s1. The molecule has 22 heavy (non-hydrogen) atoms. The fourth-order valence-electron chi connectivity index (χ4n) is 1.54. The van der Waals surface area contributed by atoms with Crippen molar-refractivity contribution < 1.29 is 23.1 Å². The number of ether oxygens (including phenoxy) is 1. The molecule has 1 rings (SSSR count). The molecule has 0 heterocycles. The third-order valence-corrected chi connectivity index (χ3v) is 2.79. The van der Waals surface area contributed by atoms with Crippen LogP contribution in [-0.4, -0.2) is 31.0 Å². The lowest BCUT2D eigenvalue weighted by Crippen LogP contribution is -2.46. The molecular weight excluding hydrogens is 296 g/mol. The van der Waals surface area contributed by atoms with Gasteiger partial charge in [-0.1, -0.05) is 19.9 Å². The summed E-state index contributed by atoms with van der Waals surface area (Å²) in [4.78, 5) is 23.3. The summed E-state index contributed by atoms with van der Waals surface area (Å²) in [6.07, 6.45) is 0. The SMILES string of the molecule is CC(C)[C@H](N)C(=O)NCC(=O)Nc1cccc(OC(F)F)c1. The first-order chi connectivity index (χ1) is 10.3. The number of anilines is 1. The Morgan fingerprint density at radius 1 is 1.32 bits per heavy atom. The first-order valence-electron chi connectivity index (χ1n) is 6.67. The Hall–Kier alpha value is -2.22. The zero-order chi connectivity index (χ0) is 16.7. The zero-order valence-electron chi connectivity index (χ0n) is 12.3. The lowest BCUT2D eigenvalue weighted by molar-refractivity contribution is -0.125. The number of carbonyl (C=O) groups excluding carboxylic acids is 2. The Balaban J connectivity index is 2.50. The van der Waals surface area contributed by atoms with Crippen molar-refractivity contribution in [2.24, 2.45) is 11.7 Å². The van der Waals surface area contributed by atoms with Gasteiger partial charge in [-0.05, 0) is 18.1 Å². The van der Waals surface area contributed by atoms with Gasteiger partial charge in [-0.25, -0.2) is 0 Å². The molecule has 2 amide bonds. The van der Waals surface area contributed by atoms with E-state index in [1.165, 1.54) is 24.3 Å². The van der Waals surface area contributed by atoms with Gasteiger partial charge < -0.3 is 21.1 Å². The average molecular weight is 315 g/mol. The fraction of sp³-hybridized carbons (Fsp3) is 0.429. The van der Waals surface area contributed by atoms with Crippen molar-refractivity contribution in [3.63, 3.8) is 0 Å². The Labute approximate surface area is 127 Å². The van der Waals surface area contributed by atoms with E-state index in [0.717, 1.165) is 0 Å². The molecule has 0 spiro atoms. The van der Waals surface area contributed by atoms with Gasteiger partial charge in [0.15, 0.2) is 0 Å². The van der Waals surface area contributed by atoms with Crippen LogP contribution in [0.3, 0.4) is 0 Å². The van der Waals surface area contributed by atoms with E-state index in [4.69, 9.17) is 5.73 Å². The van der Waals surface area contributed by atoms with E-state index in [-0.39, 0.29) is 23.9 Å². The van der Waals surface area contributed by atoms with Crippen LogP contribution >= 0.6 is 0 Å². The second-order valence-corrected chi connectivity index (χ2v) is 4.94. The first-order valence-corrected chi connectivity index (χ1v) is 6.67. The molecule has 0 aliphatic rings. The molecule has 0 radical (unpaired) electrons. The third kappa shape index (κ3) is 6.04. The van der Waals surface area contributed by atoms with Gasteiger partial charge in [0.1, 0.15) is 5.75 Å². The molecule has 122 valence electrons. The maximum Gasteiger partial charge on any atom is 0.387 e. The molecule has 1 aromatic carbocycles. The van der Waals surface area contributed by atoms with Crippen LogP contribution in [0.1, 0.15) is 13.8 Å². The van der Waals surface area contributed by atoms with Crippen LogP contribution in [0.2, 0.25) is 0 Å². The summed E-state index contributed by atoms with van der Waals surface area (Å²) in [5.74, 6) is -1.05. The van der Waals surface area contributed by atoms with Gasteiger partial charge in [0, 0.05) is 11.8 Å². The molecule has 0 saturated carbocycles. The highest BCUT2D eigenvalue weighted by atomic mass is 19.3. The van der Waals surface area contributed by atoms with Crippen LogP contribution in [-0.2, 0) is 9.59 Å². The van der Waals surface area contributed by atoms with Crippen molar-refractivity contribution >= 4 is 17.5 Å². The molecule has 0 fully saturated rings. The molecule has 4 N–H and O–H groups in total. The lowest BCUT2D eigenvalue weighted by Gasteiger charge is -2.15. The second-order valence-electron chi connectivity index (χ2n) is 4.94. The molecule has 0 aliphatic heterocycles. The average Bonchev–Trinajstić information content (AvgIpc) is 2.43.